The van der Waals surface area contributed by atoms with E-state index in [1.165, 1.54) is 0 Å². The molecule has 41 heavy (non-hydrogen) atoms. The lowest BCUT2D eigenvalue weighted by Gasteiger charge is -2.09. The number of hydrogen-bond acceptors (Lipinski definition) is 7. The molecule has 0 aliphatic heterocycles. The molecule has 0 bridgehead atoms. The highest BCUT2D eigenvalue weighted by atomic mass is 16.5. The molecule has 0 saturated heterocycles. The predicted molar refractivity (Wildman–Crippen MR) is 156 cm³/mol. The zero-order chi connectivity index (χ0) is 29.3. The van der Waals surface area contributed by atoms with E-state index in [0.717, 1.165) is 33.4 Å². The average Bonchev–Trinajstić information content (AvgIpc) is 3.45. The van der Waals surface area contributed by atoms with Gasteiger partial charge in [-0.05, 0) is 148 Å². The maximum atomic E-state index is 12.6. The molecule has 0 aliphatic rings. The molecule has 1 heterocycles. The van der Waals surface area contributed by atoms with Gasteiger partial charge in [-0.25, -0.2) is 9.59 Å². The quantitative estimate of drug-likeness (QED) is 0.159. The molecule has 0 amide bonds. The van der Waals surface area contributed by atoms with Crippen LogP contribution in [0, 0.1) is 41.5 Å². The Morgan fingerprint density at radius 2 is 0.854 bits per heavy atom. The van der Waals surface area contributed by atoms with Gasteiger partial charge in [0.05, 0.1) is 11.1 Å². The number of nitrogens with zero attached hydrogens (tertiary/aromatic N) is 2. The van der Waals surface area contributed by atoms with Gasteiger partial charge in [0, 0.05) is 11.1 Å². The molecule has 7 heteroatoms. The highest BCUT2D eigenvalue weighted by Crippen LogP contribution is 2.28. The van der Waals surface area contributed by atoms with Crippen molar-refractivity contribution >= 4 is 11.9 Å². The largest absolute Gasteiger partial charge is 0.423 e. The smallest absolute Gasteiger partial charge is 0.343 e. The van der Waals surface area contributed by atoms with E-state index in [0.29, 0.717) is 45.5 Å². The van der Waals surface area contributed by atoms with E-state index in [-0.39, 0.29) is 0 Å². The molecule has 0 radical (unpaired) electrons. The summed E-state index contributed by atoms with van der Waals surface area (Å²) in [5, 5.41) is 8.31. The zero-order valence-electron chi connectivity index (χ0n) is 23.9. The molecule has 206 valence electrons. The third-order valence-electron chi connectivity index (χ3n) is 7.37. The molecule has 5 rings (SSSR count). The molecular formula is C34H30N2O5. The van der Waals surface area contributed by atoms with Crippen LogP contribution in [0.2, 0.25) is 0 Å². The normalized spacial score (nSPS) is 10.9. The van der Waals surface area contributed by atoms with Crippen LogP contribution in [0.4, 0.5) is 0 Å². The Morgan fingerprint density at radius 3 is 1.17 bits per heavy atom. The molecule has 1 aromatic heterocycles. The molecule has 0 saturated carbocycles. The lowest BCUT2D eigenvalue weighted by atomic mass is 10.0. The first-order chi connectivity index (χ1) is 19.6. The van der Waals surface area contributed by atoms with Crippen molar-refractivity contribution in [3.8, 4) is 34.4 Å². The Hall–Kier alpha value is -5.04. The van der Waals surface area contributed by atoms with Gasteiger partial charge in [0.2, 0.25) is 11.8 Å². The lowest BCUT2D eigenvalue weighted by Crippen LogP contribution is -2.09. The maximum Gasteiger partial charge on any atom is 0.343 e. The fourth-order valence-corrected chi connectivity index (χ4v) is 4.43. The molecule has 0 spiro atoms. The van der Waals surface area contributed by atoms with E-state index in [4.69, 9.17) is 13.9 Å². The fraction of sp³-hybridized carbons (Fsp3) is 0.176. The summed E-state index contributed by atoms with van der Waals surface area (Å²) in [6.45, 7) is 12.0. The molecule has 0 fully saturated rings. The summed E-state index contributed by atoms with van der Waals surface area (Å²) in [5.74, 6) is 0.641. The Balaban J connectivity index is 1.24. The van der Waals surface area contributed by atoms with Gasteiger partial charge in [0.25, 0.3) is 0 Å². The molecule has 7 nitrogen and oxygen atoms in total. The van der Waals surface area contributed by atoms with Crippen molar-refractivity contribution in [3.05, 3.63) is 117 Å². The minimum atomic E-state index is -0.415. The van der Waals surface area contributed by atoms with E-state index < -0.39 is 11.9 Å². The van der Waals surface area contributed by atoms with Gasteiger partial charge in [-0.1, -0.05) is 0 Å². The van der Waals surface area contributed by atoms with Crippen molar-refractivity contribution in [2.24, 2.45) is 0 Å². The summed E-state index contributed by atoms with van der Waals surface area (Å²) >= 11 is 0. The number of carbonyl (C=O) groups is 2. The van der Waals surface area contributed by atoms with Gasteiger partial charge in [-0.3, -0.25) is 0 Å². The highest BCUT2D eigenvalue weighted by molar-refractivity contribution is 5.92. The van der Waals surface area contributed by atoms with Gasteiger partial charge >= 0.3 is 11.9 Å². The van der Waals surface area contributed by atoms with Gasteiger partial charge in [-0.15, -0.1) is 10.2 Å². The first-order valence-corrected chi connectivity index (χ1v) is 13.2. The van der Waals surface area contributed by atoms with Crippen LogP contribution >= 0.6 is 0 Å². The molecule has 0 atom stereocenters. The van der Waals surface area contributed by atoms with Crippen molar-refractivity contribution in [2.45, 2.75) is 41.5 Å². The lowest BCUT2D eigenvalue weighted by molar-refractivity contribution is 0.0725. The number of ether oxygens (including phenoxy) is 2. The average molecular weight is 547 g/mol. The van der Waals surface area contributed by atoms with Crippen LogP contribution in [0.5, 0.6) is 11.5 Å². The predicted octanol–water partition coefficient (Wildman–Crippen LogP) is 7.69. The number of aromatic nitrogens is 2. The van der Waals surface area contributed by atoms with E-state index >= 15 is 0 Å². The van der Waals surface area contributed by atoms with Crippen LogP contribution in [-0.2, 0) is 0 Å². The zero-order valence-corrected chi connectivity index (χ0v) is 23.9. The Kier molecular flexibility index (Phi) is 7.53. The van der Waals surface area contributed by atoms with Gasteiger partial charge in [0.1, 0.15) is 11.5 Å². The Morgan fingerprint density at radius 1 is 0.537 bits per heavy atom. The van der Waals surface area contributed by atoms with Gasteiger partial charge < -0.3 is 13.9 Å². The summed E-state index contributed by atoms with van der Waals surface area (Å²) in [5.41, 5.74) is 8.88. The highest BCUT2D eigenvalue weighted by Gasteiger charge is 2.15. The first-order valence-electron chi connectivity index (χ1n) is 13.2. The van der Waals surface area contributed by atoms with Gasteiger partial charge in [-0.2, -0.15) is 0 Å². The first kappa shape index (κ1) is 27.5. The van der Waals surface area contributed by atoms with Crippen LogP contribution < -0.4 is 9.47 Å². The van der Waals surface area contributed by atoms with Crippen LogP contribution in [0.3, 0.4) is 0 Å². The van der Waals surface area contributed by atoms with E-state index in [9.17, 15) is 9.59 Å². The van der Waals surface area contributed by atoms with Crippen molar-refractivity contribution in [3.63, 3.8) is 0 Å². The van der Waals surface area contributed by atoms with Crippen LogP contribution in [0.25, 0.3) is 22.9 Å². The second-order valence-electron chi connectivity index (χ2n) is 10.2. The number of rotatable bonds is 6. The Labute approximate surface area is 238 Å². The maximum absolute atomic E-state index is 12.6. The summed E-state index contributed by atoms with van der Waals surface area (Å²) < 4.78 is 17.0. The van der Waals surface area contributed by atoms with Crippen molar-refractivity contribution in [1.82, 2.24) is 10.2 Å². The summed E-state index contributed by atoms with van der Waals surface area (Å²) in [4.78, 5) is 25.3. The standard InChI is InChI=1S/C34H30N2O5/c1-19-15-27(16-20(2)23(19)5)33(37)39-29-11-7-25(8-12-29)31-35-36-32(41-31)26-9-13-30(14-10-26)40-34(38)28-17-21(3)24(6)22(4)18-28/h7-18H,1-6H3. The van der Waals surface area contributed by atoms with Gasteiger partial charge in [0.15, 0.2) is 0 Å². The van der Waals surface area contributed by atoms with Crippen molar-refractivity contribution in [1.29, 1.82) is 0 Å². The monoisotopic (exact) mass is 546 g/mol. The fourth-order valence-electron chi connectivity index (χ4n) is 4.43. The number of esters is 2. The molecule has 0 N–H and O–H groups in total. The van der Waals surface area contributed by atoms with Crippen LogP contribution in [0.15, 0.2) is 77.2 Å². The van der Waals surface area contributed by atoms with E-state index in [1.54, 1.807) is 48.5 Å². The molecule has 0 aliphatic carbocycles. The molecule has 4 aromatic carbocycles. The minimum Gasteiger partial charge on any atom is -0.423 e. The number of benzene rings is 4. The van der Waals surface area contributed by atoms with Crippen LogP contribution in [-0.4, -0.2) is 22.1 Å². The van der Waals surface area contributed by atoms with E-state index in [2.05, 4.69) is 10.2 Å². The second-order valence-corrected chi connectivity index (χ2v) is 10.2. The number of carbonyl (C=O) groups excluding carboxylic acids is 2. The number of aryl methyl sites for hydroxylation is 4. The molecule has 5 aromatic rings. The van der Waals surface area contributed by atoms with Crippen molar-refractivity contribution in [2.75, 3.05) is 0 Å². The third kappa shape index (κ3) is 5.94. The van der Waals surface area contributed by atoms with E-state index in [1.807, 2.05) is 65.8 Å². The second kappa shape index (κ2) is 11.2. The molecule has 0 unspecified atom stereocenters. The van der Waals surface area contributed by atoms with Crippen molar-refractivity contribution < 1.29 is 23.5 Å². The topological polar surface area (TPSA) is 91.5 Å². The third-order valence-corrected chi connectivity index (χ3v) is 7.37. The summed E-state index contributed by atoms with van der Waals surface area (Å²) in [6, 6.07) is 21.1. The molecular weight excluding hydrogens is 516 g/mol. The number of hydrogen-bond donors (Lipinski definition) is 0. The minimum absolute atomic E-state index is 0.322. The summed E-state index contributed by atoms with van der Waals surface area (Å²) in [6.07, 6.45) is 0. The summed E-state index contributed by atoms with van der Waals surface area (Å²) in [7, 11) is 0. The van der Waals surface area contributed by atoms with Crippen LogP contribution in [0.1, 0.15) is 54.1 Å². The SMILES string of the molecule is Cc1cc(C(=O)Oc2ccc(-c3nnc(-c4ccc(OC(=O)c5cc(C)c(C)c(C)c5)cc4)o3)cc2)cc(C)c1C. The Bertz CT molecular complexity index is 1590.